The second-order valence-corrected chi connectivity index (χ2v) is 3.41. The van der Waals surface area contributed by atoms with Crippen molar-refractivity contribution in [1.29, 1.82) is 0 Å². The van der Waals surface area contributed by atoms with Gasteiger partial charge in [-0.25, -0.2) is 3.11 Å². The van der Waals surface area contributed by atoms with Crippen molar-refractivity contribution in [2.75, 3.05) is 13.1 Å². The fourth-order valence-electron chi connectivity index (χ4n) is 0.376. The maximum absolute atomic E-state index is 5.60. The van der Waals surface area contributed by atoms with Gasteiger partial charge in [-0.3, -0.25) is 0 Å². The molecule has 0 radical (unpaired) electrons. The zero-order valence-corrected chi connectivity index (χ0v) is 6.11. The van der Waals surface area contributed by atoms with Gasteiger partial charge in [0.15, 0.2) is 0 Å². The van der Waals surface area contributed by atoms with E-state index in [1.54, 1.807) is 0 Å². The normalized spacial score (nSPS) is 27.0. The Morgan fingerprint density at radius 1 is 1.67 bits per heavy atom. The first-order valence-corrected chi connectivity index (χ1v) is 3.24. The van der Waals surface area contributed by atoms with E-state index in [1.807, 2.05) is 0 Å². The minimum Gasteiger partial charge on any atom is -0.244 e. The lowest BCUT2D eigenvalue weighted by molar-refractivity contribution is 0.384. The van der Waals surface area contributed by atoms with Crippen LogP contribution in [0.5, 0.6) is 0 Å². The topological polar surface area (TPSA) is 3.24 Å². The van der Waals surface area contributed by atoms with Gasteiger partial charge in [0.1, 0.15) is 0 Å². The average molecular weight is 217 g/mol. The van der Waals surface area contributed by atoms with Gasteiger partial charge >= 0.3 is 0 Å². The van der Waals surface area contributed by atoms with E-state index in [-0.39, 0.29) is 0 Å². The van der Waals surface area contributed by atoms with Gasteiger partial charge in [-0.2, -0.15) is 0 Å². The maximum Gasteiger partial charge on any atom is 0.0606 e. The van der Waals surface area contributed by atoms with E-state index in [0.717, 1.165) is 13.1 Å². The number of hydrogen-bond acceptors (Lipinski definition) is 1. The summed E-state index contributed by atoms with van der Waals surface area (Å²) in [5.41, 5.74) is 0. The van der Waals surface area contributed by atoms with E-state index >= 15 is 0 Å². The molecule has 0 aromatic heterocycles. The molecule has 36 valence electrons. The van der Waals surface area contributed by atoms with Crippen molar-refractivity contribution in [3.05, 3.63) is 0 Å². The molecule has 0 unspecified atom stereocenters. The Morgan fingerprint density at radius 3 is 2.17 bits per heavy atom. The summed E-state index contributed by atoms with van der Waals surface area (Å²) in [7, 11) is 0. The summed E-state index contributed by atoms with van der Waals surface area (Å²) in [5.74, 6) is 0. The Bertz CT molecular complexity index is 46.8. The summed E-state index contributed by atoms with van der Waals surface area (Å²) in [6.45, 7) is 2.12. The van der Waals surface area contributed by atoms with E-state index in [0.29, 0.717) is 5.38 Å². The molecule has 1 aliphatic heterocycles. The van der Waals surface area contributed by atoms with Crippen LogP contribution in [0.1, 0.15) is 0 Å². The Labute approximate surface area is 56.1 Å². The monoisotopic (exact) mass is 217 g/mol. The Morgan fingerprint density at radius 2 is 2.17 bits per heavy atom. The van der Waals surface area contributed by atoms with Crippen LogP contribution in [0.25, 0.3) is 0 Å². The number of hydrogen-bond donors (Lipinski definition) is 0. The molecule has 6 heavy (non-hydrogen) atoms. The highest BCUT2D eigenvalue weighted by Gasteiger charge is 2.20. The maximum atomic E-state index is 5.60. The molecule has 1 rings (SSSR count). The Balaban J connectivity index is 2.11. The van der Waals surface area contributed by atoms with Gasteiger partial charge in [0.25, 0.3) is 0 Å². The van der Waals surface area contributed by atoms with Gasteiger partial charge in [-0.1, -0.05) is 0 Å². The second kappa shape index (κ2) is 1.84. The number of halogens is 2. The highest BCUT2D eigenvalue weighted by molar-refractivity contribution is 14.1. The van der Waals surface area contributed by atoms with Crippen molar-refractivity contribution < 1.29 is 0 Å². The summed E-state index contributed by atoms with van der Waals surface area (Å²) < 4.78 is 2.16. The zero-order valence-electron chi connectivity index (χ0n) is 3.19. The van der Waals surface area contributed by atoms with Crippen LogP contribution in [-0.2, 0) is 0 Å². The van der Waals surface area contributed by atoms with Crippen molar-refractivity contribution >= 4 is 34.5 Å². The lowest BCUT2D eigenvalue weighted by atomic mass is 10.3. The molecule has 1 nitrogen and oxygen atoms in total. The number of nitrogens with zero attached hydrogens (tertiary/aromatic N) is 1. The van der Waals surface area contributed by atoms with Crippen LogP contribution in [0, 0.1) is 0 Å². The van der Waals surface area contributed by atoms with Crippen LogP contribution in [0.3, 0.4) is 0 Å². The van der Waals surface area contributed by atoms with E-state index in [4.69, 9.17) is 11.6 Å². The average Bonchev–Trinajstić information content (AvgIpc) is 1.33. The van der Waals surface area contributed by atoms with E-state index < -0.39 is 0 Å². The summed E-state index contributed by atoms with van der Waals surface area (Å²) in [5, 5.41) is 0.432. The smallest absolute Gasteiger partial charge is 0.0606 e. The van der Waals surface area contributed by atoms with Crippen molar-refractivity contribution in [1.82, 2.24) is 3.11 Å². The highest BCUT2D eigenvalue weighted by atomic mass is 127. The SMILES string of the molecule is ClC1CN(I)C1. The standard InChI is InChI=1S/C3H5ClIN/c4-3-1-6(5)2-3/h3H,1-2H2. The molecule has 1 aliphatic rings. The zero-order chi connectivity index (χ0) is 4.57. The fraction of sp³-hybridized carbons (Fsp3) is 1.00. The molecule has 0 bridgehead atoms. The van der Waals surface area contributed by atoms with Crippen LogP contribution >= 0.6 is 34.5 Å². The summed E-state index contributed by atoms with van der Waals surface area (Å²) in [6, 6.07) is 0. The van der Waals surface area contributed by atoms with Crippen LogP contribution in [0.15, 0.2) is 0 Å². The van der Waals surface area contributed by atoms with Gasteiger partial charge in [0, 0.05) is 36.0 Å². The van der Waals surface area contributed by atoms with Crippen molar-refractivity contribution in [2.45, 2.75) is 5.38 Å². The van der Waals surface area contributed by atoms with Crippen LogP contribution in [0.4, 0.5) is 0 Å². The first-order chi connectivity index (χ1) is 2.79. The number of alkyl halides is 1. The van der Waals surface area contributed by atoms with Crippen molar-refractivity contribution in [2.24, 2.45) is 0 Å². The largest absolute Gasteiger partial charge is 0.244 e. The molecular formula is C3H5ClIN. The summed E-state index contributed by atoms with van der Waals surface area (Å²) in [6.07, 6.45) is 0. The van der Waals surface area contributed by atoms with Crippen molar-refractivity contribution in [3.63, 3.8) is 0 Å². The van der Waals surface area contributed by atoms with Gasteiger partial charge in [0.05, 0.1) is 5.38 Å². The lowest BCUT2D eigenvalue weighted by Crippen LogP contribution is -2.40. The molecule has 0 aromatic carbocycles. The molecular weight excluding hydrogens is 212 g/mol. The molecule has 0 spiro atoms. The second-order valence-electron chi connectivity index (χ2n) is 1.43. The molecule has 0 atom stereocenters. The molecule has 1 saturated heterocycles. The third kappa shape index (κ3) is 0.978. The highest BCUT2D eigenvalue weighted by Crippen LogP contribution is 2.16. The summed E-state index contributed by atoms with van der Waals surface area (Å²) in [4.78, 5) is 0. The van der Waals surface area contributed by atoms with E-state index in [1.165, 1.54) is 0 Å². The first-order valence-electron chi connectivity index (χ1n) is 1.84. The molecule has 0 aromatic rings. The Hall–Kier alpha value is 0.980. The quantitative estimate of drug-likeness (QED) is 0.335. The fourth-order valence-corrected chi connectivity index (χ4v) is 2.13. The van der Waals surface area contributed by atoms with Gasteiger partial charge in [0.2, 0.25) is 0 Å². The molecule has 0 amide bonds. The van der Waals surface area contributed by atoms with Gasteiger partial charge in [-0.05, 0) is 0 Å². The predicted octanol–water partition coefficient (Wildman–Crippen LogP) is 1.26. The van der Waals surface area contributed by atoms with E-state index in [9.17, 15) is 0 Å². The molecule has 0 aliphatic carbocycles. The Kier molecular flexibility index (Phi) is 1.57. The predicted molar refractivity (Wildman–Crippen MR) is 35.2 cm³/mol. The van der Waals surface area contributed by atoms with Crippen molar-refractivity contribution in [3.8, 4) is 0 Å². The van der Waals surface area contributed by atoms with E-state index in [2.05, 4.69) is 26.0 Å². The van der Waals surface area contributed by atoms with Gasteiger partial charge in [-0.15, -0.1) is 11.6 Å². The molecule has 1 fully saturated rings. The number of rotatable bonds is 0. The lowest BCUT2D eigenvalue weighted by Gasteiger charge is -2.28. The van der Waals surface area contributed by atoms with Crippen LogP contribution in [0.2, 0.25) is 0 Å². The minimum absolute atomic E-state index is 0.432. The van der Waals surface area contributed by atoms with Crippen LogP contribution < -0.4 is 0 Å². The third-order valence-electron chi connectivity index (χ3n) is 0.792. The van der Waals surface area contributed by atoms with Gasteiger partial charge < -0.3 is 0 Å². The third-order valence-corrected chi connectivity index (χ3v) is 1.86. The molecule has 3 heteroatoms. The van der Waals surface area contributed by atoms with Crippen LogP contribution in [-0.4, -0.2) is 21.6 Å². The summed E-state index contributed by atoms with van der Waals surface area (Å²) >= 11 is 7.85. The molecule has 1 heterocycles. The molecule has 0 N–H and O–H groups in total. The first kappa shape index (κ1) is 5.12. The minimum atomic E-state index is 0.432. The molecule has 0 saturated carbocycles.